The summed E-state index contributed by atoms with van der Waals surface area (Å²) in [6.45, 7) is 8.00. The Balaban J connectivity index is 1.84. The van der Waals surface area contributed by atoms with E-state index in [9.17, 15) is 13.2 Å². The van der Waals surface area contributed by atoms with Gasteiger partial charge in [0.15, 0.2) is 0 Å². The second kappa shape index (κ2) is 9.35. The van der Waals surface area contributed by atoms with Gasteiger partial charge < -0.3 is 5.32 Å². The number of carbonyl (C=O) groups is 1. The molecule has 1 atom stereocenters. The predicted molar refractivity (Wildman–Crippen MR) is 125 cm³/mol. The van der Waals surface area contributed by atoms with Crippen molar-refractivity contribution in [2.75, 3.05) is 4.72 Å². The number of carbonyl (C=O) groups excluding carboxylic acids is 1. The van der Waals surface area contributed by atoms with Crippen LogP contribution in [0.4, 0.5) is 5.69 Å². The van der Waals surface area contributed by atoms with Gasteiger partial charge in [-0.05, 0) is 66.8 Å². The first-order chi connectivity index (χ1) is 14.7. The zero-order chi connectivity index (χ0) is 22.6. The molecule has 3 aromatic rings. The number of benzene rings is 3. The Labute approximate surface area is 184 Å². The minimum absolute atomic E-state index is 0.0404. The lowest BCUT2D eigenvalue weighted by Gasteiger charge is -2.24. The Morgan fingerprint density at radius 2 is 1.58 bits per heavy atom. The normalized spacial score (nSPS) is 12.4. The molecule has 0 bridgehead atoms. The van der Waals surface area contributed by atoms with Crippen molar-refractivity contribution in [3.05, 3.63) is 95.1 Å². The molecule has 0 aliphatic rings. The third kappa shape index (κ3) is 5.52. The fourth-order valence-corrected chi connectivity index (χ4v) is 4.59. The Hall–Kier alpha value is -3.12. The van der Waals surface area contributed by atoms with Crippen LogP contribution in [-0.4, -0.2) is 14.3 Å². The van der Waals surface area contributed by atoms with Gasteiger partial charge in [-0.2, -0.15) is 0 Å². The highest BCUT2D eigenvalue weighted by Crippen LogP contribution is 2.25. The van der Waals surface area contributed by atoms with E-state index in [1.165, 1.54) is 12.1 Å². The van der Waals surface area contributed by atoms with E-state index in [-0.39, 0.29) is 22.8 Å². The van der Waals surface area contributed by atoms with Crippen LogP contribution in [0.5, 0.6) is 0 Å². The summed E-state index contributed by atoms with van der Waals surface area (Å²) in [6.07, 6.45) is 0. The maximum atomic E-state index is 13.0. The van der Waals surface area contributed by atoms with Crippen molar-refractivity contribution in [2.24, 2.45) is 5.92 Å². The summed E-state index contributed by atoms with van der Waals surface area (Å²) in [7, 11) is -3.82. The van der Waals surface area contributed by atoms with Crippen molar-refractivity contribution in [1.29, 1.82) is 0 Å². The highest BCUT2D eigenvalue weighted by molar-refractivity contribution is 7.92. The quantitative estimate of drug-likeness (QED) is 0.532. The minimum atomic E-state index is -3.82. The van der Waals surface area contributed by atoms with E-state index in [0.29, 0.717) is 11.3 Å². The number of amides is 1. The lowest BCUT2D eigenvalue weighted by Crippen LogP contribution is -2.32. The van der Waals surface area contributed by atoms with E-state index in [1.807, 2.05) is 58.0 Å². The van der Waals surface area contributed by atoms with Gasteiger partial charge in [-0.15, -0.1) is 0 Å². The van der Waals surface area contributed by atoms with Crippen molar-refractivity contribution >= 4 is 21.6 Å². The van der Waals surface area contributed by atoms with E-state index >= 15 is 0 Å². The molecule has 5 nitrogen and oxygen atoms in total. The Morgan fingerprint density at radius 1 is 0.871 bits per heavy atom. The number of anilines is 1. The molecule has 0 aliphatic heterocycles. The highest BCUT2D eigenvalue weighted by Gasteiger charge is 2.22. The summed E-state index contributed by atoms with van der Waals surface area (Å²) in [5.74, 6) is -0.144. The fraction of sp³-hybridized carbons (Fsp3) is 0.240. The second-order valence-corrected chi connectivity index (χ2v) is 9.74. The van der Waals surface area contributed by atoms with E-state index in [0.717, 1.165) is 16.7 Å². The van der Waals surface area contributed by atoms with Crippen LogP contribution in [0.15, 0.2) is 77.7 Å². The van der Waals surface area contributed by atoms with E-state index in [1.54, 1.807) is 30.3 Å². The monoisotopic (exact) mass is 436 g/mol. The lowest BCUT2D eigenvalue weighted by atomic mass is 9.92. The Kier molecular flexibility index (Phi) is 6.81. The molecule has 1 amide bonds. The number of hydrogen-bond acceptors (Lipinski definition) is 3. The van der Waals surface area contributed by atoms with Crippen molar-refractivity contribution in [2.45, 2.75) is 38.6 Å². The molecule has 2 N–H and O–H groups in total. The van der Waals surface area contributed by atoms with Crippen molar-refractivity contribution in [3.8, 4) is 0 Å². The molecule has 0 saturated heterocycles. The summed E-state index contributed by atoms with van der Waals surface area (Å²) in [5, 5.41) is 3.07. The Bertz CT molecular complexity index is 1190. The minimum Gasteiger partial charge on any atom is -0.345 e. The SMILES string of the molecule is Cc1cccc(NS(=O)(=O)c2cccc(C(=O)N[C@H](c3ccccc3C)C(C)C)c2)c1. The summed E-state index contributed by atoms with van der Waals surface area (Å²) >= 11 is 0. The maximum Gasteiger partial charge on any atom is 0.261 e. The molecule has 162 valence electrons. The topological polar surface area (TPSA) is 75.3 Å². The first-order valence-corrected chi connectivity index (χ1v) is 11.7. The first-order valence-electron chi connectivity index (χ1n) is 10.2. The molecule has 0 heterocycles. The molecule has 0 spiro atoms. The molecule has 3 aromatic carbocycles. The molecule has 0 saturated carbocycles. The van der Waals surface area contributed by atoms with E-state index in [2.05, 4.69) is 10.0 Å². The summed E-state index contributed by atoms with van der Waals surface area (Å²) in [5.41, 5.74) is 3.88. The molecule has 31 heavy (non-hydrogen) atoms. The van der Waals surface area contributed by atoms with Gasteiger partial charge in [0.25, 0.3) is 15.9 Å². The van der Waals surface area contributed by atoms with Gasteiger partial charge >= 0.3 is 0 Å². The van der Waals surface area contributed by atoms with Gasteiger partial charge in [-0.3, -0.25) is 9.52 Å². The Morgan fingerprint density at radius 3 is 2.26 bits per heavy atom. The van der Waals surface area contributed by atoms with Crippen LogP contribution in [0.2, 0.25) is 0 Å². The number of sulfonamides is 1. The number of rotatable bonds is 7. The van der Waals surface area contributed by atoms with Gasteiger partial charge in [-0.1, -0.05) is 56.3 Å². The zero-order valence-corrected chi connectivity index (χ0v) is 19.0. The average molecular weight is 437 g/mol. The molecular formula is C25H28N2O3S. The summed E-state index contributed by atoms with van der Waals surface area (Å²) in [6, 6.07) is 21.0. The molecule has 0 aromatic heterocycles. The average Bonchev–Trinajstić information content (AvgIpc) is 2.72. The molecule has 0 aliphatic carbocycles. The number of aryl methyl sites for hydroxylation is 2. The molecule has 0 unspecified atom stereocenters. The molecule has 0 fully saturated rings. The van der Waals surface area contributed by atoms with Crippen LogP contribution in [-0.2, 0) is 10.0 Å². The van der Waals surface area contributed by atoms with Gasteiger partial charge in [-0.25, -0.2) is 8.42 Å². The van der Waals surface area contributed by atoms with Crippen molar-refractivity contribution in [3.63, 3.8) is 0 Å². The standard InChI is InChI=1S/C25H28N2O3S/c1-17(2)24(23-14-6-5-10-19(23)4)26-25(28)20-11-8-13-22(16-20)31(29,30)27-21-12-7-9-18(3)15-21/h5-17,24,27H,1-4H3,(H,26,28)/t24-/m0/s1. The van der Waals surface area contributed by atoms with Crippen LogP contribution >= 0.6 is 0 Å². The van der Waals surface area contributed by atoms with Crippen LogP contribution in [0.25, 0.3) is 0 Å². The second-order valence-electron chi connectivity index (χ2n) is 8.05. The van der Waals surface area contributed by atoms with Crippen LogP contribution in [0.1, 0.15) is 46.9 Å². The third-order valence-electron chi connectivity index (χ3n) is 5.15. The maximum absolute atomic E-state index is 13.0. The van der Waals surface area contributed by atoms with Crippen LogP contribution < -0.4 is 10.0 Å². The van der Waals surface area contributed by atoms with E-state index < -0.39 is 10.0 Å². The molecular weight excluding hydrogens is 408 g/mol. The van der Waals surface area contributed by atoms with Crippen molar-refractivity contribution in [1.82, 2.24) is 5.32 Å². The zero-order valence-electron chi connectivity index (χ0n) is 18.2. The van der Waals surface area contributed by atoms with Gasteiger partial charge in [0.1, 0.15) is 0 Å². The number of nitrogens with one attached hydrogen (secondary N) is 2. The van der Waals surface area contributed by atoms with E-state index in [4.69, 9.17) is 0 Å². The fourth-order valence-electron chi connectivity index (χ4n) is 3.49. The highest BCUT2D eigenvalue weighted by atomic mass is 32.2. The smallest absolute Gasteiger partial charge is 0.261 e. The predicted octanol–water partition coefficient (Wildman–Crippen LogP) is 5.23. The molecule has 3 rings (SSSR count). The van der Waals surface area contributed by atoms with Gasteiger partial charge in [0.2, 0.25) is 0 Å². The van der Waals surface area contributed by atoms with Crippen LogP contribution in [0.3, 0.4) is 0 Å². The number of hydrogen-bond donors (Lipinski definition) is 2. The van der Waals surface area contributed by atoms with Gasteiger partial charge in [0, 0.05) is 11.3 Å². The molecule has 6 heteroatoms. The van der Waals surface area contributed by atoms with Gasteiger partial charge in [0.05, 0.1) is 10.9 Å². The third-order valence-corrected chi connectivity index (χ3v) is 6.53. The molecule has 0 radical (unpaired) electrons. The van der Waals surface area contributed by atoms with Crippen LogP contribution in [0, 0.1) is 19.8 Å². The van der Waals surface area contributed by atoms with Crippen molar-refractivity contribution < 1.29 is 13.2 Å². The first kappa shape index (κ1) is 22.6. The largest absolute Gasteiger partial charge is 0.345 e. The summed E-state index contributed by atoms with van der Waals surface area (Å²) < 4.78 is 28.3. The summed E-state index contributed by atoms with van der Waals surface area (Å²) in [4.78, 5) is 13.0. The lowest BCUT2D eigenvalue weighted by molar-refractivity contribution is 0.0925.